The van der Waals surface area contributed by atoms with Crippen LogP contribution in [0.1, 0.15) is 5.56 Å². The Balaban J connectivity index is 1.94. The van der Waals surface area contributed by atoms with Crippen molar-refractivity contribution < 1.29 is 0 Å². The maximum atomic E-state index is 6.05. The molecule has 0 radical (unpaired) electrons. The Morgan fingerprint density at radius 3 is 3.00 bits per heavy atom. The lowest BCUT2D eigenvalue weighted by Crippen LogP contribution is -2.00. The second-order valence-corrected chi connectivity index (χ2v) is 5.34. The number of rotatable bonds is 3. The first-order valence-electron chi connectivity index (χ1n) is 5.99. The Bertz CT molecular complexity index is 783. The number of halogens is 1. The summed E-state index contributed by atoms with van der Waals surface area (Å²) in [5.41, 5.74) is 3.25. The predicted molar refractivity (Wildman–Crippen MR) is 79.0 cm³/mol. The Morgan fingerprint density at radius 2 is 2.26 bits per heavy atom. The van der Waals surface area contributed by atoms with Gasteiger partial charge in [0.05, 0.1) is 17.2 Å². The quantitative estimate of drug-likeness (QED) is 0.752. The van der Waals surface area contributed by atoms with Crippen molar-refractivity contribution in [3.8, 4) is 0 Å². The first-order valence-corrected chi connectivity index (χ1v) is 6.78. The van der Waals surface area contributed by atoms with E-state index in [0.29, 0.717) is 0 Å². The van der Waals surface area contributed by atoms with Crippen LogP contribution in [0.15, 0.2) is 30.6 Å². The SMILES string of the molecule is Cn1cc(CCn2c(=S)[nH]c3ccc(Cl)cc32)cn1. The van der Waals surface area contributed by atoms with Gasteiger partial charge in [0.15, 0.2) is 4.77 Å². The molecule has 19 heavy (non-hydrogen) atoms. The maximum absolute atomic E-state index is 6.05. The molecule has 0 fully saturated rings. The molecule has 3 rings (SSSR count). The monoisotopic (exact) mass is 292 g/mol. The minimum absolute atomic E-state index is 0.719. The van der Waals surface area contributed by atoms with Crippen molar-refractivity contribution in [2.75, 3.05) is 0 Å². The number of nitrogens with one attached hydrogen (secondary N) is 1. The van der Waals surface area contributed by atoms with E-state index < -0.39 is 0 Å². The van der Waals surface area contributed by atoms with Crippen molar-refractivity contribution in [2.45, 2.75) is 13.0 Å². The van der Waals surface area contributed by atoms with E-state index in [1.54, 1.807) is 4.68 Å². The third-order valence-electron chi connectivity index (χ3n) is 3.12. The lowest BCUT2D eigenvalue weighted by molar-refractivity contribution is 0.705. The molecule has 0 aliphatic rings. The van der Waals surface area contributed by atoms with Crippen LogP contribution in [0.25, 0.3) is 11.0 Å². The van der Waals surface area contributed by atoms with Gasteiger partial charge in [-0.3, -0.25) is 4.68 Å². The molecule has 4 nitrogen and oxygen atoms in total. The van der Waals surface area contributed by atoms with Crippen molar-refractivity contribution in [2.24, 2.45) is 7.05 Å². The Labute approximate surface area is 120 Å². The number of nitrogens with zero attached hydrogens (tertiary/aromatic N) is 3. The molecule has 0 saturated heterocycles. The van der Waals surface area contributed by atoms with E-state index in [2.05, 4.69) is 14.6 Å². The van der Waals surface area contributed by atoms with Crippen LogP contribution in [-0.2, 0) is 20.0 Å². The minimum atomic E-state index is 0.719. The zero-order valence-electron chi connectivity index (χ0n) is 10.4. The van der Waals surface area contributed by atoms with Crippen molar-refractivity contribution >= 4 is 34.9 Å². The third-order valence-corrected chi connectivity index (χ3v) is 3.68. The molecular weight excluding hydrogens is 280 g/mol. The Hall–Kier alpha value is -1.59. The van der Waals surface area contributed by atoms with Gasteiger partial charge in [-0.1, -0.05) is 11.6 Å². The van der Waals surface area contributed by atoms with Crippen molar-refractivity contribution in [1.29, 1.82) is 0 Å². The summed E-state index contributed by atoms with van der Waals surface area (Å²) in [6.07, 6.45) is 4.79. The number of aromatic amines is 1. The molecule has 2 aromatic heterocycles. The fraction of sp³-hybridized carbons (Fsp3) is 0.231. The average molecular weight is 293 g/mol. The summed E-state index contributed by atoms with van der Waals surface area (Å²) >= 11 is 11.4. The van der Waals surface area contributed by atoms with Gasteiger partial charge in [0.2, 0.25) is 0 Å². The molecule has 0 atom stereocenters. The molecular formula is C13H13ClN4S. The van der Waals surface area contributed by atoms with Gasteiger partial charge >= 0.3 is 0 Å². The molecule has 0 spiro atoms. The number of fused-ring (bicyclic) bond motifs is 1. The maximum Gasteiger partial charge on any atom is 0.178 e. The second kappa shape index (κ2) is 4.83. The van der Waals surface area contributed by atoms with Gasteiger partial charge in [0.25, 0.3) is 0 Å². The number of hydrogen-bond acceptors (Lipinski definition) is 2. The van der Waals surface area contributed by atoms with Crippen LogP contribution in [0.4, 0.5) is 0 Å². The summed E-state index contributed by atoms with van der Waals surface area (Å²) in [6.45, 7) is 0.810. The highest BCUT2D eigenvalue weighted by molar-refractivity contribution is 7.71. The fourth-order valence-corrected chi connectivity index (χ4v) is 2.66. The van der Waals surface area contributed by atoms with E-state index in [1.807, 2.05) is 37.6 Å². The molecule has 1 N–H and O–H groups in total. The lowest BCUT2D eigenvalue weighted by Gasteiger charge is -2.03. The Kier molecular flexibility index (Phi) is 3.16. The van der Waals surface area contributed by atoms with Gasteiger partial charge in [0, 0.05) is 24.8 Å². The van der Waals surface area contributed by atoms with Crippen molar-refractivity contribution in [1.82, 2.24) is 19.3 Å². The van der Waals surface area contributed by atoms with Gasteiger partial charge in [-0.2, -0.15) is 5.10 Å². The largest absolute Gasteiger partial charge is 0.331 e. The standard InChI is InChI=1S/C13H13ClN4S/c1-17-8-9(7-15-17)4-5-18-12-6-10(14)2-3-11(12)16-13(18)19/h2-3,6-8H,4-5H2,1H3,(H,16,19). The number of imidazole rings is 1. The molecule has 3 aromatic rings. The second-order valence-electron chi connectivity index (χ2n) is 4.52. The van der Waals surface area contributed by atoms with E-state index in [1.165, 1.54) is 5.56 Å². The molecule has 98 valence electrons. The fourth-order valence-electron chi connectivity index (χ4n) is 2.19. The summed E-state index contributed by atoms with van der Waals surface area (Å²) < 4.78 is 4.60. The van der Waals surface area contributed by atoms with Crippen LogP contribution in [0.5, 0.6) is 0 Å². The molecule has 6 heteroatoms. The smallest absolute Gasteiger partial charge is 0.178 e. The molecule has 0 saturated carbocycles. The molecule has 1 aromatic carbocycles. The van der Waals surface area contributed by atoms with Crippen LogP contribution in [0, 0.1) is 4.77 Å². The third kappa shape index (κ3) is 2.43. The Morgan fingerprint density at radius 1 is 1.42 bits per heavy atom. The number of benzene rings is 1. The normalized spacial score (nSPS) is 11.3. The van der Waals surface area contributed by atoms with Crippen LogP contribution in [-0.4, -0.2) is 19.3 Å². The average Bonchev–Trinajstić information content (AvgIpc) is 2.90. The van der Waals surface area contributed by atoms with Crippen LogP contribution >= 0.6 is 23.8 Å². The van der Waals surface area contributed by atoms with E-state index in [4.69, 9.17) is 23.8 Å². The topological polar surface area (TPSA) is 38.5 Å². The molecule has 0 amide bonds. The van der Waals surface area contributed by atoms with Crippen LogP contribution in [0.3, 0.4) is 0 Å². The summed E-state index contributed by atoms with van der Waals surface area (Å²) in [6, 6.07) is 5.75. The molecule has 0 aliphatic carbocycles. The zero-order chi connectivity index (χ0) is 13.4. The van der Waals surface area contributed by atoms with Crippen molar-refractivity contribution in [3.05, 3.63) is 45.9 Å². The molecule has 2 heterocycles. The number of aryl methyl sites for hydroxylation is 3. The van der Waals surface area contributed by atoms with E-state index >= 15 is 0 Å². The molecule has 0 aliphatic heterocycles. The lowest BCUT2D eigenvalue weighted by atomic mass is 10.2. The number of H-pyrrole nitrogens is 1. The number of aromatic nitrogens is 4. The van der Waals surface area contributed by atoms with Crippen LogP contribution < -0.4 is 0 Å². The van der Waals surface area contributed by atoms with Gasteiger partial charge in [-0.05, 0) is 42.4 Å². The van der Waals surface area contributed by atoms with E-state index in [9.17, 15) is 0 Å². The van der Waals surface area contributed by atoms with Gasteiger partial charge < -0.3 is 9.55 Å². The summed E-state index contributed by atoms with van der Waals surface area (Å²) in [4.78, 5) is 3.19. The first kappa shape index (κ1) is 12.4. The molecule has 0 unspecified atom stereocenters. The van der Waals surface area contributed by atoms with E-state index in [-0.39, 0.29) is 0 Å². The van der Waals surface area contributed by atoms with Gasteiger partial charge in [0.1, 0.15) is 0 Å². The predicted octanol–water partition coefficient (Wildman–Crippen LogP) is 3.33. The first-order chi connectivity index (χ1) is 9.13. The number of hydrogen-bond donors (Lipinski definition) is 1. The zero-order valence-corrected chi connectivity index (χ0v) is 12.0. The van der Waals surface area contributed by atoms with Crippen molar-refractivity contribution in [3.63, 3.8) is 0 Å². The van der Waals surface area contributed by atoms with Gasteiger partial charge in [-0.15, -0.1) is 0 Å². The summed E-state index contributed by atoms with van der Waals surface area (Å²) in [5, 5.41) is 4.89. The summed E-state index contributed by atoms with van der Waals surface area (Å²) in [5.74, 6) is 0. The molecule has 0 bridgehead atoms. The summed E-state index contributed by atoms with van der Waals surface area (Å²) in [7, 11) is 1.92. The minimum Gasteiger partial charge on any atom is -0.331 e. The highest BCUT2D eigenvalue weighted by Crippen LogP contribution is 2.19. The van der Waals surface area contributed by atoms with Crippen LogP contribution in [0.2, 0.25) is 5.02 Å². The highest BCUT2D eigenvalue weighted by atomic mass is 35.5. The van der Waals surface area contributed by atoms with Gasteiger partial charge in [-0.25, -0.2) is 0 Å². The van der Waals surface area contributed by atoms with E-state index in [0.717, 1.165) is 33.8 Å². The highest BCUT2D eigenvalue weighted by Gasteiger charge is 2.05.